The van der Waals surface area contributed by atoms with Crippen molar-refractivity contribution in [3.8, 4) is 0 Å². The fourth-order valence-electron chi connectivity index (χ4n) is 2.39. The van der Waals surface area contributed by atoms with Crippen molar-refractivity contribution in [2.45, 2.75) is 31.5 Å². The number of rotatable bonds is 2. The Labute approximate surface area is 85.5 Å². The van der Waals surface area contributed by atoms with Gasteiger partial charge in [-0.2, -0.15) is 0 Å². The molecular formula is C9H11NO5. The van der Waals surface area contributed by atoms with Crippen LogP contribution < -0.4 is 0 Å². The van der Waals surface area contributed by atoms with Gasteiger partial charge in [0.2, 0.25) is 5.91 Å². The van der Waals surface area contributed by atoms with Crippen LogP contribution in [0.5, 0.6) is 0 Å². The summed E-state index contributed by atoms with van der Waals surface area (Å²) in [6, 6.07) is -1.76. The van der Waals surface area contributed by atoms with Crippen molar-refractivity contribution in [1.82, 2.24) is 4.90 Å². The quantitative estimate of drug-likeness (QED) is 0.435. The van der Waals surface area contributed by atoms with Crippen molar-refractivity contribution >= 4 is 17.7 Å². The third-order valence-corrected chi connectivity index (χ3v) is 3.06. The molecule has 2 aliphatic rings. The Bertz CT molecular complexity index is 350. The predicted molar refractivity (Wildman–Crippen MR) is 46.9 cm³/mol. The molecular weight excluding hydrogens is 202 g/mol. The predicted octanol–water partition coefficient (Wildman–Crippen LogP) is -1.38. The molecule has 2 heterocycles. The van der Waals surface area contributed by atoms with Crippen molar-refractivity contribution in [1.29, 1.82) is 0 Å². The van der Waals surface area contributed by atoms with Gasteiger partial charge in [0.05, 0.1) is 18.1 Å². The second-order valence-electron chi connectivity index (χ2n) is 3.99. The summed E-state index contributed by atoms with van der Waals surface area (Å²) in [6.45, 7) is 1.47. The van der Waals surface area contributed by atoms with Crippen LogP contribution in [0.4, 0.5) is 0 Å². The Morgan fingerprint density at radius 3 is 2.60 bits per heavy atom. The van der Waals surface area contributed by atoms with Gasteiger partial charge in [0.15, 0.2) is 11.8 Å². The van der Waals surface area contributed by atoms with Crippen molar-refractivity contribution in [2.75, 3.05) is 0 Å². The molecule has 0 saturated carbocycles. The number of hydrogen-bond acceptors (Lipinski definition) is 4. The Kier molecular flexibility index (Phi) is 2.04. The highest BCUT2D eigenvalue weighted by Gasteiger charge is 2.60. The summed E-state index contributed by atoms with van der Waals surface area (Å²) in [5.74, 6) is -2.80. The molecule has 82 valence electrons. The van der Waals surface area contributed by atoms with Gasteiger partial charge in [-0.1, -0.05) is 0 Å². The molecule has 0 radical (unpaired) electrons. The van der Waals surface area contributed by atoms with E-state index in [1.54, 1.807) is 0 Å². The second-order valence-corrected chi connectivity index (χ2v) is 3.99. The van der Waals surface area contributed by atoms with E-state index in [4.69, 9.17) is 5.11 Å². The van der Waals surface area contributed by atoms with E-state index in [0.717, 1.165) is 4.90 Å². The van der Waals surface area contributed by atoms with Gasteiger partial charge in [-0.25, -0.2) is 4.79 Å². The number of Topliss-reactive ketones (excluding diaryl/α,β-unsaturated/α-hetero) is 1. The zero-order valence-corrected chi connectivity index (χ0v) is 8.08. The van der Waals surface area contributed by atoms with E-state index < -0.39 is 41.8 Å². The molecule has 0 spiro atoms. The van der Waals surface area contributed by atoms with Crippen LogP contribution in [0.1, 0.15) is 13.3 Å². The molecule has 0 aromatic heterocycles. The van der Waals surface area contributed by atoms with Crippen molar-refractivity contribution in [3.63, 3.8) is 0 Å². The molecule has 1 amide bonds. The number of carbonyl (C=O) groups is 3. The summed E-state index contributed by atoms with van der Waals surface area (Å²) in [7, 11) is 0. The number of hydrogen-bond donors (Lipinski definition) is 2. The third-order valence-electron chi connectivity index (χ3n) is 3.06. The van der Waals surface area contributed by atoms with Crippen LogP contribution >= 0.6 is 0 Å². The molecule has 0 aromatic carbocycles. The van der Waals surface area contributed by atoms with Gasteiger partial charge in [0.25, 0.3) is 0 Å². The molecule has 4 atom stereocenters. The molecule has 0 aromatic rings. The number of aliphatic carboxylic acids is 1. The average molecular weight is 213 g/mol. The zero-order chi connectivity index (χ0) is 11.3. The number of ketones is 1. The van der Waals surface area contributed by atoms with E-state index in [0.29, 0.717) is 0 Å². The maximum absolute atomic E-state index is 11.5. The number of β-lactam (4-membered cyclic amide) rings is 1. The minimum absolute atomic E-state index is 0.0400. The molecule has 2 N–H and O–H groups in total. The number of carbonyl (C=O) groups excluding carboxylic acids is 2. The summed E-state index contributed by atoms with van der Waals surface area (Å²) in [5.41, 5.74) is 0. The van der Waals surface area contributed by atoms with Crippen molar-refractivity contribution < 1.29 is 24.6 Å². The van der Waals surface area contributed by atoms with E-state index in [-0.39, 0.29) is 6.42 Å². The minimum Gasteiger partial charge on any atom is -0.479 e. The monoisotopic (exact) mass is 213 g/mol. The zero-order valence-electron chi connectivity index (χ0n) is 8.08. The van der Waals surface area contributed by atoms with Crippen LogP contribution in [0.3, 0.4) is 0 Å². The van der Waals surface area contributed by atoms with Gasteiger partial charge in [-0.05, 0) is 6.92 Å². The molecule has 0 aliphatic carbocycles. The minimum atomic E-state index is -1.34. The maximum Gasteiger partial charge on any atom is 0.334 e. The van der Waals surface area contributed by atoms with Gasteiger partial charge in [0.1, 0.15) is 0 Å². The SMILES string of the molecule is C[C@@H](O)[C@H]1C(=O)N2[C@@H](C(=O)O)C(=O)C[C@H]12. The lowest BCUT2D eigenvalue weighted by atomic mass is 9.84. The summed E-state index contributed by atoms with van der Waals surface area (Å²) in [5, 5.41) is 18.1. The van der Waals surface area contributed by atoms with E-state index in [1.165, 1.54) is 6.92 Å². The fraction of sp³-hybridized carbons (Fsp3) is 0.667. The first kappa shape index (κ1) is 10.1. The molecule has 0 bridgehead atoms. The van der Waals surface area contributed by atoms with Gasteiger partial charge in [-0.3, -0.25) is 9.59 Å². The first-order valence-electron chi connectivity index (χ1n) is 4.71. The highest BCUT2D eigenvalue weighted by Crippen LogP contribution is 2.39. The number of amides is 1. The number of nitrogens with zero attached hydrogens (tertiary/aromatic N) is 1. The summed E-state index contributed by atoms with van der Waals surface area (Å²) < 4.78 is 0. The summed E-state index contributed by atoms with van der Waals surface area (Å²) in [4.78, 5) is 34.6. The maximum atomic E-state index is 11.5. The van der Waals surface area contributed by atoms with E-state index in [1.807, 2.05) is 0 Å². The number of aliphatic hydroxyl groups is 1. The summed E-state index contributed by atoms with van der Waals surface area (Å²) in [6.07, 6.45) is -0.794. The van der Waals surface area contributed by atoms with E-state index in [2.05, 4.69) is 0 Å². The number of fused-ring (bicyclic) bond motifs is 1. The largest absolute Gasteiger partial charge is 0.479 e. The fourth-order valence-corrected chi connectivity index (χ4v) is 2.39. The number of carboxylic acid groups (broad SMARTS) is 1. The highest BCUT2D eigenvalue weighted by molar-refractivity contribution is 6.10. The normalized spacial score (nSPS) is 36.1. The lowest BCUT2D eigenvalue weighted by Crippen LogP contribution is -2.64. The molecule has 2 fully saturated rings. The van der Waals surface area contributed by atoms with Crippen molar-refractivity contribution in [3.05, 3.63) is 0 Å². The van der Waals surface area contributed by atoms with Gasteiger partial charge in [-0.15, -0.1) is 0 Å². The van der Waals surface area contributed by atoms with E-state index >= 15 is 0 Å². The molecule has 15 heavy (non-hydrogen) atoms. The molecule has 2 saturated heterocycles. The first-order chi connectivity index (χ1) is 6.95. The van der Waals surface area contributed by atoms with Crippen LogP contribution in [0.2, 0.25) is 0 Å². The Morgan fingerprint density at radius 1 is 1.53 bits per heavy atom. The Hall–Kier alpha value is -1.43. The molecule has 2 aliphatic heterocycles. The molecule has 0 unspecified atom stereocenters. The second kappa shape index (κ2) is 3.03. The number of carboxylic acids is 1. The van der Waals surface area contributed by atoms with E-state index in [9.17, 15) is 19.5 Å². The molecule has 6 nitrogen and oxygen atoms in total. The Morgan fingerprint density at radius 2 is 2.13 bits per heavy atom. The van der Waals surface area contributed by atoms with Gasteiger partial charge >= 0.3 is 5.97 Å². The van der Waals surface area contributed by atoms with Crippen LogP contribution in [0.25, 0.3) is 0 Å². The van der Waals surface area contributed by atoms with Crippen molar-refractivity contribution in [2.24, 2.45) is 5.92 Å². The number of aliphatic hydroxyl groups excluding tert-OH is 1. The lowest BCUT2D eigenvalue weighted by Gasteiger charge is -2.44. The molecule has 6 heteroatoms. The summed E-state index contributed by atoms with van der Waals surface area (Å²) >= 11 is 0. The van der Waals surface area contributed by atoms with Crippen LogP contribution in [0, 0.1) is 5.92 Å². The smallest absolute Gasteiger partial charge is 0.334 e. The van der Waals surface area contributed by atoms with Gasteiger partial charge in [0, 0.05) is 6.42 Å². The Balaban J connectivity index is 2.23. The van der Waals surface area contributed by atoms with Gasteiger partial charge < -0.3 is 15.1 Å². The lowest BCUT2D eigenvalue weighted by molar-refractivity contribution is -0.170. The highest BCUT2D eigenvalue weighted by atomic mass is 16.4. The van der Waals surface area contributed by atoms with Crippen LogP contribution in [0.15, 0.2) is 0 Å². The average Bonchev–Trinajstić information content (AvgIpc) is 2.38. The van der Waals surface area contributed by atoms with Crippen LogP contribution in [-0.2, 0) is 14.4 Å². The third kappa shape index (κ3) is 1.18. The molecule has 2 rings (SSSR count). The standard InChI is InChI=1S/C9H11NO5/c1-3(11)6-4-2-5(12)7(9(14)15)10(4)8(6)13/h3-4,6-7,11H,2H2,1H3,(H,14,15)/t3-,4-,6-,7-/m1/s1. The first-order valence-corrected chi connectivity index (χ1v) is 4.71. The topological polar surface area (TPSA) is 94.9 Å². The van der Waals surface area contributed by atoms with Crippen LogP contribution in [-0.4, -0.2) is 51.0 Å².